The molecule has 21 heavy (non-hydrogen) atoms. The Balaban J connectivity index is 2.33. The van der Waals surface area contributed by atoms with Gasteiger partial charge < -0.3 is 19.6 Å². The standard InChI is InChI=1S/C15H23BN2O3/c1-14(2)15(3,4)21-16(20-14)12(10-17-5)8-11-9-18-7-6-13(11)19/h6-9,17H,10H2,1-5H3,(H,18,19). The molecule has 1 saturated heterocycles. The second-order valence-corrected chi connectivity index (χ2v) is 6.30. The van der Waals surface area contributed by atoms with Crippen molar-refractivity contribution < 1.29 is 9.31 Å². The average molecular weight is 290 g/mol. The van der Waals surface area contributed by atoms with E-state index in [0.29, 0.717) is 12.1 Å². The first-order chi connectivity index (χ1) is 9.77. The monoisotopic (exact) mass is 290 g/mol. The predicted molar refractivity (Wildman–Crippen MR) is 85.0 cm³/mol. The van der Waals surface area contributed by atoms with E-state index in [1.165, 1.54) is 6.07 Å². The van der Waals surface area contributed by atoms with Gasteiger partial charge in [-0.3, -0.25) is 4.79 Å². The molecule has 5 nitrogen and oxygen atoms in total. The van der Waals surface area contributed by atoms with Crippen molar-refractivity contribution in [1.82, 2.24) is 10.3 Å². The van der Waals surface area contributed by atoms with Crippen LogP contribution in [0.15, 0.2) is 28.7 Å². The van der Waals surface area contributed by atoms with Crippen molar-refractivity contribution in [3.63, 3.8) is 0 Å². The SMILES string of the molecule is CNCC(=Cc1c[nH]ccc1=O)B1OC(C)(C)C(C)(C)O1. The number of nitrogens with one attached hydrogen (secondary N) is 2. The van der Waals surface area contributed by atoms with Crippen LogP contribution in [-0.4, -0.2) is 36.9 Å². The summed E-state index contributed by atoms with van der Waals surface area (Å²) >= 11 is 0. The molecular formula is C15H23BN2O3. The molecule has 0 amide bonds. The highest BCUT2D eigenvalue weighted by molar-refractivity contribution is 6.55. The van der Waals surface area contributed by atoms with E-state index in [1.54, 1.807) is 12.4 Å². The zero-order chi connectivity index (χ0) is 15.7. The number of aromatic nitrogens is 1. The van der Waals surface area contributed by atoms with Gasteiger partial charge >= 0.3 is 7.12 Å². The van der Waals surface area contributed by atoms with Crippen LogP contribution < -0.4 is 10.7 Å². The summed E-state index contributed by atoms with van der Waals surface area (Å²) in [6.07, 6.45) is 5.13. The summed E-state index contributed by atoms with van der Waals surface area (Å²) in [6.45, 7) is 8.64. The molecule has 2 rings (SSSR count). The van der Waals surface area contributed by atoms with Crippen LogP contribution in [0.4, 0.5) is 0 Å². The molecule has 0 aliphatic carbocycles. The first kappa shape index (κ1) is 16.0. The summed E-state index contributed by atoms with van der Waals surface area (Å²) in [4.78, 5) is 14.8. The minimum atomic E-state index is -0.456. The van der Waals surface area contributed by atoms with Crippen LogP contribution in [0.2, 0.25) is 0 Å². The third-order valence-corrected chi connectivity index (χ3v) is 4.13. The zero-order valence-electron chi connectivity index (χ0n) is 13.3. The minimum absolute atomic E-state index is 0.0288. The van der Waals surface area contributed by atoms with Crippen LogP contribution in [0.3, 0.4) is 0 Å². The van der Waals surface area contributed by atoms with Gasteiger partial charge in [-0.05, 0) is 40.2 Å². The molecular weight excluding hydrogens is 267 g/mol. The minimum Gasteiger partial charge on any atom is -0.400 e. The molecule has 1 fully saturated rings. The number of likely N-dealkylation sites (N-methyl/N-ethyl adjacent to an activating group) is 1. The molecule has 0 bridgehead atoms. The van der Waals surface area contributed by atoms with Crippen molar-refractivity contribution in [3.8, 4) is 0 Å². The maximum atomic E-state index is 11.9. The normalized spacial score (nSPS) is 20.8. The van der Waals surface area contributed by atoms with E-state index in [-0.39, 0.29) is 5.43 Å². The Morgan fingerprint density at radius 2 is 1.95 bits per heavy atom. The van der Waals surface area contributed by atoms with E-state index >= 15 is 0 Å². The number of pyridine rings is 1. The number of rotatable bonds is 4. The van der Waals surface area contributed by atoms with Crippen molar-refractivity contribution >= 4 is 13.2 Å². The fourth-order valence-corrected chi connectivity index (χ4v) is 2.14. The highest BCUT2D eigenvalue weighted by Gasteiger charge is 2.52. The summed E-state index contributed by atoms with van der Waals surface area (Å²) in [5, 5.41) is 3.10. The third kappa shape index (κ3) is 3.28. The van der Waals surface area contributed by atoms with Gasteiger partial charge in [0.2, 0.25) is 0 Å². The van der Waals surface area contributed by atoms with Gasteiger partial charge in [-0.2, -0.15) is 0 Å². The Bertz CT molecular complexity index is 577. The fourth-order valence-electron chi connectivity index (χ4n) is 2.14. The molecule has 0 radical (unpaired) electrons. The predicted octanol–water partition coefficient (Wildman–Crippen LogP) is 1.61. The molecule has 0 spiro atoms. The van der Waals surface area contributed by atoms with Crippen LogP contribution in [0.25, 0.3) is 6.08 Å². The zero-order valence-corrected chi connectivity index (χ0v) is 13.3. The third-order valence-electron chi connectivity index (χ3n) is 4.13. The second-order valence-electron chi connectivity index (χ2n) is 6.30. The Morgan fingerprint density at radius 1 is 1.33 bits per heavy atom. The quantitative estimate of drug-likeness (QED) is 0.827. The molecule has 1 aliphatic heterocycles. The first-order valence-electron chi connectivity index (χ1n) is 7.14. The lowest BCUT2D eigenvalue weighted by molar-refractivity contribution is 0.00578. The Hall–Kier alpha value is -1.37. The first-order valence-corrected chi connectivity index (χ1v) is 7.14. The summed E-state index contributed by atoms with van der Waals surface area (Å²) in [7, 11) is 1.40. The van der Waals surface area contributed by atoms with Crippen LogP contribution in [0.5, 0.6) is 0 Å². The molecule has 0 saturated carbocycles. The van der Waals surface area contributed by atoms with Gasteiger partial charge in [-0.25, -0.2) is 0 Å². The molecule has 0 atom stereocenters. The van der Waals surface area contributed by atoms with Crippen LogP contribution >= 0.6 is 0 Å². The lowest BCUT2D eigenvalue weighted by Crippen LogP contribution is -2.41. The smallest absolute Gasteiger partial charge is 0.400 e. The molecule has 2 heterocycles. The average Bonchev–Trinajstić information content (AvgIpc) is 2.60. The fraction of sp³-hybridized carbons (Fsp3) is 0.533. The molecule has 114 valence electrons. The lowest BCUT2D eigenvalue weighted by Gasteiger charge is -2.32. The van der Waals surface area contributed by atoms with E-state index in [4.69, 9.17) is 9.31 Å². The summed E-state index contributed by atoms with van der Waals surface area (Å²) in [5.41, 5.74) is 0.672. The van der Waals surface area contributed by atoms with Gasteiger partial charge in [-0.1, -0.05) is 6.08 Å². The summed E-state index contributed by atoms with van der Waals surface area (Å²) in [5.74, 6) is 0. The highest BCUT2D eigenvalue weighted by Crippen LogP contribution is 2.38. The van der Waals surface area contributed by atoms with E-state index in [1.807, 2.05) is 40.8 Å². The maximum Gasteiger partial charge on any atom is 0.491 e. The van der Waals surface area contributed by atoms with Gasteiger partial charge in [0.15, 0.2) is 5.43 Å². The molecule has 6 heteroatoms. The van der Waals surface area contributed by atoms with Crippen molar-refractivity contribution in [2.24, 2.45) is 0 Å². The Morgan fingerprint density at radius 3 is 2.48 bits per heavy atom. The Labute approximate surface area is 125 Å². The van der Waals surface area contributed by atoms with Crippen LogP contribution in [-0.2, 0) is 9.31 Å². The number of hydrogen-bond acceptors (Lipinski definition) is 4. The van der Waals surface area contributed by atoms with Crippen molar-refractivity contribution in [2.75, 3.05) is 13.6 Å². The van der Waals surface area contributed by atoms with Gasteiger partial charge in [-0.15, -0.1) is 0 Å². The van der Waals surface area contributed by atoms with E-state index in [2.05, 4.69) is 10.3 Å². The van der Waals surface area contributed by atoms with Gasteiger partial charge in [0.1, 0.15) is 0 Å². The van der Waals surface area contributed by atoms with Gasteiger partial charge in [0.25, 0.3) is 0 Å². The number of H-pyrrole nitrogens is 1. The molecule has 2 N–H and O–H groups in total. The molecule has 1 aliphatic rings. The van der Waals surface area contributed by atoms with E-state index in [0.717, 1.165) is 5.47 Å². The highest BCUT2D eigenvalue weighted by atomic mass is 16.7. The van der Waals surface area contributed by atoms with Crippen molar-refractivity contribution in [2.45, 2.75) is 38.9 Å². The molecule has 0 aromatic carbocycles. The van der Waals surface area contributed by atoms with Crippen LogP contribution in [0.1, 0.15) is 33.3 Å². The number of aromatic amines is 1. The lowest BCUT2D eigenvalue weighted by atomic mass is 9.77. The maximum absolute atomic E-state index is 11.9. The number of hydrogen-bond donors (Lipinski definition) is 2. The van der Waals surface area contributed by atoms with Crippen molar-refractivity contribution in [3.05, 3.63) is 39.7 Å². The van der Waals surface area contributed by atoms with Crippen molar-refractivity contribution in [1.29, 1.82) is 0 Å². The largest absolute Gasteiger partial charge is 0.491 e. The second kappa shape index (κ2) is 5.79. The van der Waals surface area contributed by atoms with Gasteiger partial charge in [0, 0.05) is 30.6 Å². The molecule has 0 unspecified atom stereocenters. The van der Waals surface area contributed by atoms with E-state index in [9.17, 15) is 4.79 Å². The Kier molecular flexibility index (Phi) is 4.42. The van der Waals surface area contributed by atoms with Crippen LogP contribution in [0, 0.1) is 0 Å². The summed E-state index contributed by atoms with van der Waals surface area (Å²) in [6, 6.07) is 1.51. The summed E-state index contributed by atoms with van der Waals surface area (Å²) < 4.78 is 12.1. The molecule has 1 aromatic rings. The molecule has 1 aromatic heterocycles. The van der Waals surface area contributed by atoms with Gasteiger partial charge in [0.05, 0.1) is 11.2 Å². The topological polar surface area (TPSA) is 63.4 Å². The van der Waals surface area contributed by atoms with E-state index < -0.39 is 18.3 Å².